The number of thiophene rings is 1. The molecular weight excluding hydrogens is 381 g/mol. The normalized spacial score (nSPS) is 12.0. The maximum Gasteiger partial charge on any atom is 0.246 e. The number of benzene rings is 1. The summed E-state index contributed by atoms with van der Waals surface area (Å²) in [6.45, 7) is -0.179. The van der Waals surface area contributed by atoms with Crippen LogP contribution in [0.4, 0.5) is 4.39 Å². The number of rotatable bonds is 5. The van der Waals surface area contributed by atoms with E-state index in [2.05, 4.69) is 15.9 Å². The zero-order valence-corrected chi connectivity index (χ0v) is 14.3. The van der Waals surface area contributed by atoms with Crippen LogP contribution in [0, 0.1) is 5.82 Å². The highest BCUT2D eigenvalue weighted by Gasteiger charge is 2.25. The Bertz CT molecular complexity index is 746. The van der Waals surface area contributed by atoms with E-state index in [0.717, 1.165) is 19.7 Å². The average molecular weight is 394 g/mol. The fourth-order valence-electron chi connectivity index (χ4n) is 1.79. The summed E-state index contributed by atoms with van der Waals surface area (Å²) < 4.78 is 40.7. The third kappa shape index (κ3) is 3.70. The molecule has 0 spiro atoms. The van der Waals surface area contributed by atoms with Crippen LogP contribution in [0.3, 0.4) is 0 Å². The molecule has 0 bridgehead atoms. The van der Waals surface area contributed by atoms with Crippen LogP contribution in [0.1, 0.15) is 11.1 Å². The molecule has 0 aliphatic carbocycles. The summed E-state index contributed by atoms with van der Waals surface area (Å²) in [7, 11) is -2.51. The second-order valence-electron chi connectivity index (χ2n) is 4.44. The molecule has 0 saturated carbocycles. The van der Waals surface area contributed by atoms with Crippen LogP contribution in [0.25, 0.3) is 0 Å². The molecule has 8 heteroatoms. The van der Waals surface area contributed by atoms with Crippen molar-refractivity contribution in [2.45, 2.75) is 18.0 Å². The molecule has 0 radical (unpaired) electrons. The summed E-state index contributed by atoms with van der Waals surface area (Å²) >= 11 is 4.77. The molecule has 4 nitrogen and oxygen atoms in total. The minimum absolute atomic E-state index is 0.158. The van der Waals surface area contributed by atoms with Gasteiger partial charge in [-0.15, -0.1) is 11.3 Å². The van der Waals surface area contributed by atoms with Crippen molar-refractivity contribution >= 4 is 37.3 Å². The molecule has 21 heavy (non-hydrogen) atoms. The summed E-state index contributed by atoms with van der Waals surface area (Å²) in [5.74, 6) is -0.861. The third-order valence-corrected chi connectivity index (χ3v) is 6.28. The maximum absolute atomic E-state index is 13.9. The van der Waals surface area contributed by atoms with Gasteiger partial charge in [-0.2, -0.15) is 4.31 Å². The number of hydrogen-bond acceptors (Lipinski definition) is 4. The van der Waals surface area contributed by atoms with Gasteiger partial charge in [0.05, 0.1) is 10.4 Å². The standard InChI is InChI=1S/C13H13BrFNO3S2/c1-16(6-10-5-13(14)20-8-10)21(18,19)12-3-2-9(7-17)4-11(12)15/h2-5,8,17H,6-7H2,1H3. The van der Waals surface area contributed by atoms with Gasteiger partial charge in [0.15, 0.2) is 0 Å². The number of sulfonamides is 1. The Kier molecular flexibility index (Phi) is 5.15. The average Bonchev–Trinajstić information content (AvgIpc) is 2.83. The first-order chi connectivity index (χ1) is 9.84. The van der Waals surface area contributed by atoms with Crippen molar-refractivity contribution in [3.8, 4) is 0 Å². The number of aliphatic hydroxyl groups is 1. The van der Waals surface area contributed by atoms with Crippen molar-refractivity contribution in [2.24, 2.45) is 0 Å². The molecule has 0 amide bonds. The number of aliphatic hydroxyl groups excluding tert-OH is 1. The van der Waals surface area contributed by atoms with Gasteiger partial charge in [0.2, 0.25) is 10.0 Å². The Balaban J connectivity index is 2.28. The van der Waals surface area contributed by atoms with E-state index in [4.69, 9.17) is 5.11 Å². The quantitative estimate of drug-likeness (QED) is 0.849. The summed E-state index contributed by atoms with van der Waals surface area (Å²) in [6.07, 6.45) is 0. The van der Waals surface area contributed by atoms with Gasteiger partial charge in [-0.25, -0.2) is 12.8 Å². The molecule has 1 heterocycles. The van der Waals surface area contributed by atoms with Crippen LogP contribution >= 0.6 is 27.3 Å². The minimum Gasteiger partial charge on any atom is -0.392 e. The molecular formula is C13H13BrFNO3S2. The van der Waals surface area contributed by atoms with E-state index >= 15 is 0 Å². The third-order valence-electron chi connectivity index (χ3n) is 2.89. The van der Waals surface area contributed by atoms with E-state index in [1.54, 1.807) is 0 Å². The lowest BCUT2D eigenvalue weighted by atomic mass is 10.2. The molecule has 0 aliphatic rings. The SMILES string of the molecule is CN(Cc1csc(Br)c1)S(=O)(=O)c1ccc(CO)cc1F. The lowest BCUT2D eigenvalue weighted by Crippen LogP contribution is -2.27. The molecule has 1 aromatic heterocycles. The summed E-state index contributed by atoms with van der Waals surface area (Å²) in [5.41, 5.74) is 1.15. The number of halogens is 2. The Morgan fingerprint density at radius 2 is 2.05 bits per heavy atom. The van der Waals surface area contributed by atoms with Gasteiger partial charge < -0.3 is 5.11 Å². The van der Waals surface area contributed by atoms with Crippen molar-refractivity contribution in [1.29, 1.82) is 0 Å². The molecule has 0 unspecified atom stereocenters. The first-order valence-corrected chi connectivity index (χ1v) is 9.04. The van der Waals surface area contributed by atoms with Gasteiger partial charge in [0.1, 0.15) is 10.7 Å². The van der Waals surface area contributed by atoms with Crippen molar-refractivity contribution in [1.82, 2.24) is 4.31 Å². The number of nitrogens with zero attached hydrogens (tertiary/aromatic N) is 1. The van der Waals surface area contributed by atoms with Crippen LogP contribution in [0.15, 0.2) is 38.3 Å². The predicted octanol–water partition coefficient (Wildman–Crippen LogP) is 2.96. The first kappa shape index (κ1) is 16.6. The molecule has 2 rings (SSSR count). The molecule has 0 fully saturated rings. The van der Waals surface area contributed by atoms with E-state index in [1.165, 1.54) is 30.5 Å². The molecule has 1 aromatic carbocycles. The van der Waals surface area contributed by atoms with E-state index in [9.17, 15) is 12.8 Å². The monoisotopic (exact) mass is 393 g/mol. The Morgan fingerprint density at radius 1 is 1.33 bits per heavy atom. The van der Waals surface area contributed by atoms with Gasteiger partial charge in [-0.3, -0.25) is 0 Å². The molecule has 114 valence electrons. The van der Waals surface area contributed by atoms with Gasteiger partial charge in [0.25, 0.3) is 0 Å². The van der Waals surface area contributed by atoms with Crippen molar-refractivity contribution in [3.63, 3.8) is 0 Å². The van der Waals surface area contributed by atoms with E-state index < -0.39 is 20.7 Å². The van der Waals surface area contributed by atoms with Gasteiger partial charge >= 0.3 is 0 Å². The first-order valence-electron chi connectivity index (χ1n) is 5.93. The largest absolute Gasteiger partial charge is 0.392 e. The topological polar surface area (TPSA) is 57.6 Å². The maximum atomic E-state index is 13.9. The molecule has 0 atom stereocenters. The van der Waals surface area contributed by atoms with Crippen molar-refractivity contribution < 1.29 is 17.9 Å². The summed E-state index contributed by atoms with van der Waals surface area (Å²) in [4.78, 5) is -0.392. The highest BCUT2D eigenvalue weighted by atomic mass is 79.9. The predicted molar refractivity (Wildman–Crippen MR) is 83.0 cm³/mol. The van der Waals surface area contributed by atoms with Crippen LogP contribution < -0.4 is 0 Å². The Morgan fingerprint density at radius 3 is 2.57 bits per heavy atom. The van der Waals surface area contributed by atoms with Gasteiger partial charge in [-0.1, -0.05) is 6.07 Å². The molecule has 0 aliphatic heterocycles. The highest BCUT2D eigenvalue weighted by Crippen LogP contribution is 2.25. The van der Waals surface area contributed by atoms with Crippen LogP contribution in [-0.4, -0.2) is 24.9 Å². The zero-order chi connectivity index (χ0) is 15.6. The smallest absolute Gasteiger partial charge is 0.246 e. The molecule has 1 N–H and O–H groups in total. The zero-order valence-electron chi connectivity index (χ0n) is 11.1. The summed E-state index contributed by atoms with van der Waals surface area (Å²) in [5, 5.41) is 10.8. The Labute approximate surface area is 135 Å². The van der Waals surface area contributed by atoms with Gasteiger partial charge in [0, 0.05) is 13.6 Å². The molecule has 2 aromatic rings. The highest BCUT2D eigenvalue weighted by molar-refractivity contribution is 9.11. The summed E-state index contributed by atoms with van der Waals surface area (Å²) in [6, 6.07) is 5.42. The van der Waals surface area contributed by atoms with E-state index in [1.807, 2.05) is 11.4 Å². The van der Waals surface area contributed by atoms with Crippen molar-refractivity contribution in [2.75, 3.05) is 7.05 Å². The van der Waals surface area contributed by atoms with E-state index in [0.29, 0.717) is 5.56 Å². The lowest BCUT2D eigenvalue weighted by molar-refractivity contribution is 0.281. The van der Waals surface area contributed by atoms with Gasteiger partial charge in [-0.05, 0) is 50.6 Å². The van der Waals surface area contributed by atoms with Crippen LogP contribution in [-0.2, 0) is 23.2 Å². The van der Waals surface area contributed by atoms with Crippen LogP contribution in [0.5, 0.6) is 0 Å². The van der Waals surface area contributed by atoms with E-state index in [-0.39, 0.29) is 13.2 Å². The number of hydrogen-bond donors (Lipinski definition) is 1. The second kappa shape index (κ2) is 6.53. The second-order valence-corrected chi connectivity index (χ2v) is 8.75. The fraction of sp³-hybridized carbons (Fsp3) is 0.231. The Hall–Kier alpha value is -0.800. The lowest BCUT2D eigenvalue weighted by Gasteiger charge is -2.17. The fourth-order valence-corrected chi connectivity index (χ4v) is 4.19. The minimum atomic E-state index is -3.92. The molecule has 0 saturated heterocycles. The van der Waals surface area contributed by atoms with Crippen LogP contribution in [0.2, 0.25) is 0 Å². The van der Waals surface area contributed by atoms with Crippen molar-refractivity contribution in [3.05, 3.63) is 50.4 Å².